The van der Waals surface area contributed by atoms with Crippen LogP contribution < -0.4 is 5.32 Å². The molecule has 116 valence electrons. The first kappa shape index (κ1) is 16.1. The molecule has 1 N–H and O–H groups in total. The molecule has 0 saturated heterocycles. The molecule has 0 unspecified atom stereocenters. The van der Waals surface area contributed by atoms with Crippen molar-refractivity contribution in [2.45, 2.75) is 19.4 Å². The fourth-order valence-electron chi connectivity index (χ4n) is 2.01. The average Bonchev–Trinajstić information content (AvgIpc) is 2.54. The van der Waals surface area contributed by atoms with Gasteiger partial charge in [-0.1, -0.05) is 0 Å². The molecular formula is C16H14N4O3. The van der Waals surface area contributed by atoms with E-state index in [9.17, 15) is 14.9 Å². The number of benzene rings is 1. The maximum Gasteiger partial charge on any atom is 0.270 e. The number of rotatable bonds is 4. The van der Waals surface area contributed by atoms with Crippen molar-refractivity contribution in [1.29, 1.82) is 5.26 Å². The second kappa shape index (κ2) is 6.23. The van der Waals surface area contributed by atoms with Crippen LogP contribution in [0.5, 0.6) is 0 Å². The van der Waals surface area contributed by atoms with Gasteiger partial charge in [-0.05, 0) is 43.7 Å². The fraction of sp³-hybridized carbons (Fsp3) is 0.188. The highest BCUT2D eigenvalue weighted by atomic mass is 16.6. The molecule has 2 rings (SSSR count). The van der Waals surface area contributed by atoms with Crippen LogP contribution in [0.2, 0.25) is 0 Å². The SMILES string of the molecule is CC(C)(NC(=O)c1ccc(C#N)cn1)c1ccc([N+](=O)[O-])cc1. The van der Waals surface area contributed by atoms with E-state index in [0.717, 1.165) is 5.56 Å². The third kappa shape index (κ3) is 3.68. The number of nitro benzene ring substituents is 1. The van der Waals surface area contributed by atoms with Gasteiger partial charge in [0.05, 0.1) is 16.0 Å². The van der Waals surface area contributed by atoms with Crippen LogP contribution in [0.4, 0.5) is 5.69 Å². The highest BCUT2D eigenvalue weighted by molar-refractivity contribution is 5.92. The molecule has 0 aliphatic heterocycles. The Hall–Kier alpha value is -3.27. The van der Waals surface area contributed by atoms with Crippen molar-refractivity contribution < 1.29 is 9.72 Å². The van der Waals surface area contributed by atoms with E-state index in [1.165, 1.54) is 30.5 Å². The van der Waals surface area contributed by atoms with Crippen LogP contribution >= 0.6 is 0 Å². The van der Waals surface area contributed by atoms with E-state index in [1.54, 1.807) is 26.0 Å². The van der Waals surface area contributed by atoms with Crippen LogP contribution in [0.1, 0.15) is 35.5 Å². The number of nitriles is 1. The standard InChI is InChI=1S/C16H14N4O3/c1-16(2,12-4-6-13(7-5-12)20(22)23)19-15(21)14-8-3-11(9-17)10-18-14/h3-8,10H,1-2H3,(H,19,21). The molecule has 23 heavy (non-hydrogen) atoms. The number of carbonyl (C=O) groups is 1. The number of hydrogen-bond donors (Lipinski definition) is 1. The van der Waals surface area contributed by atoms with Gasteiger partial charge >= 0.3 is 0 Å². The molecule has 0 fully saturated rings. The van der Waals surface area contributed by atoms with Crippen LogP contribution in [0, 0.1) is 21.4 Å². The maximum absolute atomic E-state index is 12.2. The molecule has 0 aliphatic carbocycles. The predicted octanol–water partition coefficient (Wildman–Crippen LogP) is 2.53. The number of aromatic nitrogens is 1. The van der Waals surface area contributed by atoms with Crippen LogP contribution in [0.3, 0.4) is 0 Å². The van der Waals surface area contributed by atoms with Crippen molar-refractivity contribution in [3.8, 4) is 6.07 Å². The summed E-state index contributed by atoms with van der Waals surface area (Å²) in [4.78, 5) is 26.4. The maximum atomic E-state index is 12.2. The Bertz CT molecular complexity index is 774. The minimum atomic E-state index is -0.734. The zero-order valence-corrected chi connectivity index (χ0v) is 12.6. The van der Waals surface area contributed by atoms with Gasteiger partial charge in [-0.3, -0.25) is 14.9 Å². The molecule has 2 aromatic rings. The van der Waals surface area contributed by atoms with E-state index >= 15 is 0 Å². The number of nitrogens with one attached hydrogen (secondary N) is 1. The summed E-state index contributed by atoms with van der Waals surface area (Å²) >= 11 is 0. The lowest BCUT2D eigenvalue weighted by Gasteiger charge is -2.26. The van der Waals surface area contributed by atoms with Gasteiger partial charge in [0, 0.05) is 18.3 Å². The number of carbonyl (C=O) groups excluding carboxylic acids is 1. The Morgan fingerprint density at radius 1 is 1.26 bits per heavy atom. The smallest absolute Gasteiger partial charge is 0.270 e. The lowest BCUT2D eigenvalue weighted by Crippen LogP contribution is -2.41. The van der Waals surface area contributed by atoms with Crippen molar-refractivity contribution in [1.82, 2.24) is 10.3 Å². The summed E-state index contributed by atoms with van der Waals surface area (Å²) in [5.74, 6) is -0.391. The van der Waals surface area contributed by atoms with Gasteiger partial charge < -0.3 is 5.32 Å². The lowest BCUT2D eigenvalue weighted by atomic mass is 9.94. The number of nitro groups is 1. The van der Waals surface area contributed by atoms with E-state index in [4.69, 9.17) is 5.26 Å². The lowest BCUT2D eigenvalue weighted by molar-refractivity contribution is -0.384. The number of amides is 1. The Morgan fingerprint density at radius 3 is 2.39 bits per heavy atom. The monoisotopic (exact) mass is 310 g/mol. The average molecular weight is 310 g/mol. The van der Waals surface area contributed by atoms with Gasteiger partial charge in [0.2, 0.25) is 0 Å². The van der Waals surface area contributed by atoms with Gasteiger partial charge in [-0.25, -0.2) is 4.98 Å². The van der Waals surface area contributed by atoms with E-state index in [2.05, 4.69) is 10.3 Å². The quantitative estimate of drug-likeness (QED) is 0.689. The molecule has 7 heteroatoms. The third-order valence-corrected chi connectivity index (χ3v) is 3.35. The number of nitrogens with zero attached hydrogens (tertiary/aromatic N) is 3. The normalized spacial score (nSPS) is 10.7. The summed E-state index contributed by atoms with van der Waals surface area (Å²) in [7, 11) is 0. The number of non-ortho nitro benzene ring substituents is 1. The molecule has 0 bridgehead atoms. The van der Waals surface area contributed by atoms with Crippen molar-refractivity contribution >= 4 is 11.6 Å². The summed E-state index contributed by atoms with van der Waals surface area (Å²) in [6.07, 6.45) is 1.33. The van der Waals surface area contributed by atoms with Crippen LogP contribution in [0.15, 0.2) is 42.6 Å². The van der Waals surface area contributed by atoms with Crippen molar-refractivity contribution in [2.75, 3.05) is 0 Å². The minimum Gasteiger partial charge on any atom is -0.342 e. The second-order valence-corrected chi connectivity index (χ2v) is 5.43. The zero-order valence-electron chi connectivity index (χ0n) is 12.6. The van der Waals surface area contributed by atoms with Crippen LogP contribution in [0.25, 0.3) is 0 Å². The zero-order chi connectivity index (χ0) is 17.0. The van der Waals surface area contributed by atoms with Gasteiger partial charge in [0.15, 0.2) is 0 Å². The first-order chi connectivity index (χ1) is 10.8. The number of hydrogen-bond acceptors (Lipinski definition) is 5. The van der Waals surface area contributed by atoms with Gasteiger partial charge in [0.1, 0.15) is 11.8 Å². The van der Waals surface area contributed by atoms with Crippen LogP contribution in [-0.2, 0) is 5.54 Å². The summed E-state index contributed by atoms with van der Waals surface area (Å²) in [5.41, 5.74) is 0.548. The molecule has 1 aromatic heterocycles. The van der Waals surface area contributed by atoms with Crippen molar-refractivity contribution in [3.63, 3.8) is 0 Å². The largest absolute Gasteiger partial charge is 0.342 e. The van der Waals surface area contributed by atoms with Gasteiger partial charge in [-0.15, -0.1) is 0 Å². The molecule has 1 aromatic carbocycles. The van der Waals surface area contributed by atoms with Crippen molar-refractivity contribution in [3.05, 3.63) is 69.5 Å². The first-order valence-electron chi connectivity index (χ1n) is 6.77. The number of pyridine rings is 1. The molecular weight excluding hydrogens is 296 g/mol. The molecule has 1 amide bonds. The molecule has 0 atom stereocenters. The third-order valence-electron chi connectivity index (χ3n) is 3.35. The highest BCUT2D eigenvalue weighted by Gasteiger charge is 2.24. The predicted molar refractivity (Wildman–Crippen MR) is 82.5 cm³/mol. The Morgan fingerprint density at radius 2 is 1.91 bits per heavy atom. The first-order valence-corrected chi connectivity index (χ1v) is 6.77. The summed E-state index contributed by atoms with van der Waals surface area (Å²) in [5, 5.41) is 22.2. The molecule has 7 nitrogen and oxygen atoms in total. The molecule has 0 radical (unpaired) electrons. The highest BCUT2D eigenvalue weighted by Crippen LogP contribution is 2.23. The molecule has 0 saturated carbocycles. The van der Waals surface area contributed by atoms with E-state index in [-0.39, 0.29) is 11.4 Å². The van der Waals surface area contributed by atoms with E-state index < -0.39 is 16.4 Å². The Labute approximate surface area is 132 Å². The minimum absolute atomic E-state index is 0.00960. The van der Waals surface area contributed by atoms with E-state index in [0.29, 0.717) is 5.56 Å². The fourth-order valence-corrected chi connectivity index (χ4v) is 2.01. The molecule has 0 spiro atoms. The molecule has 0 aliphatic rings. The van der Waals surface area contributed by atoms with Gasteiger partial charge in [-0.2, -0.15) is 5.26 Å². The Balaban J connectivity index is 2.17. The second-order valence-electron chi connectivity index (χ2n) is 5.43. The van der Waals surface area contributed by atoms with E-state index in [1.807, 2.05) is 6.07 Å². The summed E-state index contributed by atoms with van der Waals surface area (Å²) in [6.45, 7) is 3.57. The van der Waals surface area contributed by atoms with Crippen molar-refractivity contribution in [2.24, 2.45) is 0 Å². The summed E-state index contributed by atoms with van der Waals surface area (Å²) in [6, 6.07) is 10.9. The van der Waals surface area contributed by atoms with Crippen LogP contribution in [-0.4, -0.2) is 15.8 Å². The molecule has 1 heterocycles. The van der Waals surface area contributed by atoms with Gasteiger partial charge in [0.25, 0.3) is 11.6 Å². The summed E-state index contributed by atoms with van der Waals surface area (Å²) < 4.78 is 0. The topological polar surface area (TPSA) is 109 Å². The Kier molecular flexibility index (Phi) is 4.37.